The second kappa shape index (κ2) is 8.43. The zero-order valence-electron chi connectivity index (χ0n) is 18.2. The van der Waals surface area contributed by atoms with Crippen LogP contribution < -0.4 is 14.8 Å². The first-order valence-corrected chi connectivity index (χ1v) is 11.3. The van der Waals surface area contributed by atoms with Crippen LogP contribution in [0.3, 0.4) is 0 Å². The van der Waals surface area contributed by atoms with Crippen LogP contribution >= 0.6 is 0 Å². The number of aliphatic hydroxyl groups excluding tert-OH is 1. The first kappa shape index (κ1) is 20.8. The van der Waals surface area contributed by atoms with Crippen molar-refractivity contribution in [1.29, 1.82) is 0 Å². The number of ether oxygens (including phenoxy) is 1. The van der Waals surface area contributed by atoms with Crippen LogP contribution in [-0.2, 0) is 0 Å². The summed E-state index contributed by atoms with van der Waals surface area (Å²) in [5, 5.41) is 30.6. The van der Waals surface area contributed by atoms with Gasteiger partial charge in [0.25, 0.3) is 5.69 Å². The van der Waals surface area contributed by atoms with Gasteiger partial charge in [0.2, 0.25) is 0 Å². The van der Waals surface area contributed by atoms with Gasteiger partial charge in [0, 0.05) is 36.7 Å². The summed E-state index contributed by atoms with van der Waals surface area (Å²) in [6.07, 6.45) is 7.43. The van der Waals surface area contributed by atoms with Gasteiger partial charge in [-0.25, -0.2) is 0 Å². The summed E-state index contributed by atoms with van der Waals surface area (Å²) in [5.74, 6) is 0.640. The Labute approximate surface area is 186 Å². The molecule has 0 radical (unpaired) electrons. The number of carbonyl (C=O) groups is 1. The number of amides is 1. The highest BCUT2D eigenvalue weighted by Gasteiger charge is 2.25. The average molecular weight is 437 g/mol. The molecule has 2 aliphatic carbocycles. The molecule has 1 aromatic carbocycles. The molecule has 0 unspecified atom stereocenters. The van der Waals surface area contributed by atoms with Crippen molar-refractivity contribution in [3.05, 3.63) is 53.1 Å². The fourth-order valence-corrected chi connectivity index (χ4v) is 4.25. The third-order valence-electron chi connectivity index (χ3n) is 6.45. The Hall–Kier alpha value is -3.13. The molecule has 0 bridgehead atoms. The summed E-state index contributed by atoms with van der Waals surface area (Å²) in [7, 11) is 0. The van der Waals surface area contributed by atoms with E-state index in [9.17, 15) is 15.1 Å². The van der Waals surface area contributed by atoms with Crippen LogP contribution in [0.15, 0.2) is 36.5 Å². The van der Waals surface area contributed by atoms with E-state index in [-0.39, 0.29) is 17.8 Å². The van der Waals surface area contributed by atoms with Gasteiger partial charge in [0.15, 0.2) is 5.69 Å². The van der Waals surface area contributed by atoms with E-state index in [1.807, 2.05) is 23.0 Å². The molecule has 2 N–H and O–H groups in total. The van der Waals surface area contributed by atoms with Gasteiger partial charge in [-0.15, -0.1) is 0 Å². The molecule has 0 spiro atoms. The first-order valence-electron chi connectivity index (χ1n) is 11.3. The van der Waals surface area contributed by atoms with E-state index >= 15 is 0 Å². The number of fused-ring (bicyclic) bond motifs is 1. The monoisotopic (exact) mass is 436 g/mol. The van der Waals surface area contributed by atoms with Gasteiger partial charge in [-0.05, 0) is 56.6 Å². The molecule has 2 saturated carbocycles. The number of rotatable bonds is 6. The summed E-state index contributed by atoms with van der Waals surface area (Å²) >= 11 is 0. The van der Waals surface area contributed by atoms with Crippen LogP contribution in [0.25, 0.3) is 10.9 Å². The summed E-state index contributed by atoms with van der Waals surface area (Å²) in [6, 6.07) is 8.85. The quantitative estimate of drug-likeness (QED) is 0.455. The molecule has 0 aliphatic heterocycles. The van der Waals surface area contributed by atoms with Crippen molar-refractivity contribution >= 4 is 22.5 Å². The summed E-state index contributed by atoms with van der Waals surface area (Å²) in [4.78, 5) is 12.9. The average Bonchev–Trinajstić information content (AvgIpc) is 3.52. The third-order valence-corrected chi connectivity index (χ3v) is 6.45. The number of aryl methyl sites for hydroxylation is 1. The van der Waals surface area contributed by atoms with Crippen LogP contribution in [0.1, 0.15) is 60.7 Å². The molecule has 2 aromatic heterocycles. The lowest BCUT2D eigenvalue weighted by molar-refractivity contribution is -0.614. The number of aliphatic hydroxyl groups is 1. The van der Waals surface area contributed by atoms with Gasteiger partial charge in [-0.2, -0.15) is 9.83 Å². The van der Waals surface area contributed by atoms with Gasteiger partial charge in [-0.3, -0.25) is 9.48 Å². The zero-order chi connectivity index (χ0) is 22.2. The number of pyridine rings is 1. The Kier molecular flexibility index (Phi) is 5.46. The summed E-state index contributed by atoms with van der Waals surface area (Å²) in [5.41, 5.74) is 1.82. The van der Waals surface area contributed by atoms with E-state index in [0.717, 1.165) is 49.4 Å². The van der Waals surface area contributed by atoms with Crippen molar-refractivity contribution in [3.63, 3.8) is 0 Å². The maximum Gasteiger partial charge on any atom is 0.321 e. The van der Waals surface area contributed by atoms with Crippen molar-refractivity contribution < 1.29 is 19.4 Å². The Balaban J connectivity index is 1.45. The van der Waals surface area contributed by atoms with Gasteiger partial charge < -0.3 is 20.4 Å². The molecule has 8 heteroatoms. The molecular weight excluding hydrogens is 408 g/mol. The molecule has 2 heterocycles. The molecule has 1 amide bonds. The molecule has 5 rings (SSSR count). The Bertz CT molecular complexity index is 1150. The fourth-order valence-electron chi connectivity index (χ4n) is 4.25. The van der Waals surface area contributed by atoms with Crippen LogP contribution in [0.5, 0.6) is 5.75 Å². The third kappa shape index (κ3) is 4.27. The Morgan fingerprint density at radius 3 is 2.78 bits per heavy atom. The van der Waals surface area contributed by atoms with Crippen molar-refractivity contribution in [2.24, 2.45) is 5.92 Å². The lowest BCUT2D eigenvalue weighted by Gasteiger charge is -2.25. The standard InChI is InChI=1S/C24H28N4O4/c1-15-3-2-4-22(28(15)31)24(30)25-21-11-17-13-27(18-7-9-19(29)10-8-18)26-20(17)12-23(21)32-14-16-5-6-16/h2-4,11-13,16,18-19,29H,5-10,14H2,1H3,(H,25,30). The number of hydrogen-bond donors (Lipinski definition) is 2. The number of carbonyl (C=O) groups excluding carboxylic acids is 1. The van der Waals surface area contributed by atoms with Crippen molar-refractivity contribution in [2.45, 2.75) is 57.6 Å². The molecule has 2 fully saturated rings. The van der Waals surface area contributed by atoms with Crippen LogP contribution in [0.2, 0.25) is 0 Å². The number of nitrogens with one attached hydrogen (secondary N) is 1. The number of aromatic nitrogens is 3. The number of hydrogen-bond acceptors (Lipinski definition) is 5. The minimum atomic E-state index is -0.479. The largest absolute Gasteiger partial charge is 0.618 e. The molecular formula is C24H28N4O4. The van der Waals surface area contributed by atoms with E-state index in [2.05, 4.69) is 5.32 Å². The molecule has 0 saturated heterocycles. The molecule has 32 heavy (non-hydrogen) atoms. The predicted molar refractivity (Wildman–Crippen MR) is 120 cm³/mol. The Morgan fingerprint density at radius 1 is 1.25 bits per heavy atom. The minimum absolute atomic E-state index is 0.0368. The molecule has 3 aromatic rings. The normalized spacial score (nSPS) is 20.9. The van der Waals surface area contributed by atoms with E-state index in [0.29, 0.717) is 34.4 Å². The SMILES string of the molecule is Cc1cccc(C(=O)Nc2cc3cn(C4CCC(O)CC4)nc3cc2OCC2CC2)[n+]1[O-]. The zero-order valence-corrected chi connectivity index (χ0v) is 18.2. The van der Waals surface area contributed by atoms with Crippen molar-refractivity contribution in [2.75, 3.05) is 11.9 Å². The molecule has 8 nitrogen and oxygen atoms in total. The molecule has 168 valence electrons. The van der Waals surface area contributed by atoms with Crippen LogP contribution in [-0.4, -0.2) is 33.5 Å². The maximum atomic E-state index is 12.9. The van der Waals surface area contributed by atoms with Crippen LogP contribution in [0.4, 0.5) is 5.69 Å². The van der Waals surface area contributed by atoms with Gasteiger partial charge in [0.1, 0.15) is 5.75 Å². The minimum Gasteiger partial charge on any atom is -0.618 e. The fraction of sp³-hybridized carbons (Fsp3) is 0.458. The van der Waals surface area contributed by atoms with Crippen molar-refractivity contribution in [3.8, 4) is 5.75 Å². The highest BCUT2D eigenvalue weighted by atomic mass is 16.5. The maximum absolute atomic E-state index is 12.9. The summed E-state index contributed by atoms with van der Waals surface area (Å²) in [6.45, 7) is 2.26. The molecule has 0 atom stereocenters. The Morgan fingerprint density at radius 2 is 2.03 bits per heavy atom. The lowest BCUT2D eigenvalue weighted by atomic mass is 9.93. The van der Waals surface area contributed by atoms with Crippen LogP contribution in [0, 0.1) is 18.0 Å². The van der Waals surface area contributed by atoms with E-state index < -0.39 is 5.91 Å². The second-order valence-electron chi connectivity index (χ2n) is 9.03. The first-order chi connectivity index (χ1) is 15.5. The van der Waals surface area contributed by atoms with E-state index in [4.69, 9.17) is 9.84 Å². The second-order valence-corrected chi connectivity index (χ2v) is 9.03. The highest BCUT2D eigenvalue weighted by molar-refractivity contribution is 6.04. The van der Waals surface area contributed by atoms with E-state index in [1.165, 1.54) is 6.07 Å². The molecule has 2 aliphatic rings. The smallest absolute Gasteiger partial charge is 0.321 e. The summed E-state index contributed by atoms with van der Waals surface area (Å²) < 4.78 is 8.65. The van der Waals surface area contributed by atoms with Gasteiger partial charge in [-0.1, -0.05) is 0 Å². The van der Waals surface area contributed by atoms with E-state index in [1.54, 1.807) is 19.1 Å². The topological polar surface area (TPSA) is 103 Å². The van der Waals surface area contributed by atoms with Crippen molar-refractivity contribution in [1.82, 2.24) is 9.78 Å². The number of benzene rings is 1. The van der Waals surface area contributed by atoms with Gasteiger partial charge in [0.05, 0.1) is 30.0 Å². The highest BCUT2D eigenvalue weighted by Crippen LogP contribution is 2.35. The number of anilines is 1. The van der Waals surface area contributed by atoms with Gasteiger partial charge >= 0.3 is 5.91 Å². The predicted octanol–water partition coefficient (Wildman–Crippen LogP) is 3.50. The number of nitrogens with zero attached hydrogens (tertiary/aromatic N) is 3. The lowest BCUT2D eigenvalue weighted by Crippen LogP contribution is -2.39.